The van der Waals surface area contributed by atoms with E-state index in [1.807, 2.05) is 6.92 Å². The number of aromatic nitrogens is 2. The third-order valence-corrected chi connectivity index (χ3v) is 6.36. The Labute approximate surface area is 134 Å². The van der Waals surface area contributed by atoms with E-state index in [0.29, 0.717) is 22.8 Å². The number of hydrogen-bond acceptors (Lipinski definition) is 2. The highest BCUT2D eigenvalue weighted by molar-refractivity contribution is 6.31. The largest absolute Gasteiger partial charge is 0.314 e. The fourth-order valence-corrected chi connectivity index (χ4v) is 4.31. The predicted octanol–water partition coefficient (Wildman–Crippen LogP) is 4.07. The van der Waals surface area contributed by atoms with E-state index in [2.05, 4.69) is 56.6 Å². The average molecular weight is 312 g/mol. The van der Waals surface area contributed by atoms with E-state index in [1.54, 1.807) is 0 Å². The monoisotopic (exact) mass is 311 g/mol. The maximum Gasteiger partial charge on any atom is 0.0847 e. The van der Waals surface area contributed by atoms with E-state index in [0.717, 1.165) is 30.2 Å². The van der Waals surface area contributed by atoms with Crippen molar-refractivity contribution in [3.8, 4) is 0 Å². The molecule has 1 atom stereocenters. The van der Waals surface area contributed by atoms with Gasteiger partial charge in [-0.15, -0.1) is 0 Å². The van der Waals surface area contributed by atoms with Gasteiger partial charge in [0.2, 0.25) is 0 Å². The molecule has 1 heterocycles. The number of rotatable bonds is 6. The van der Waals surface area contributed by atoms with Crippen molar-refractivity contribution in [1.29, 1.82) is 0 Å². The van der Waals surface area contributed by atoms with Gasteiger partial charge < -0.3 is 5.32 Å². The molecule has 3 nitrogen and oxygen atoms in total. The Morgan fingerprint density at radius 2 is 1.81 bits per heavy atom. The molecule has 2 rings (SSSR count). The summed E-state index contributed by atoms with van der Waals surface area (Å²) < 4.78 is 2.06. The summed E-state index contributed by atoms with van der Waals surface area (Å²) in [6, 6.07) is 0.457. The topological polar surface area (TPSA) is 29.9 Å². The molecule has 1 saturated carbocycles. The molecule has 0 bridgehead atoms. The highest BCUT2D eigenvalue weighted by atomic mass is 35.5. The quantitative estimate of drug-likeness (QED) is 0.858. The third kappa shape index (κ3) is 2.63. The van der Waals surface area contributed by atoms with Gasteiger partial charge in [-0.1, -0.05) is 46.2 Å². The summed E-state index contributed by atoms with van der Waals surface area (Å²) >= 11 is 6.49. The number of aryl methyl sites for hydroxylation is 2. The zero-order valence-electron chi connectivity index (χ0n) is 14.5. The Kier molecular flexibility index (Phi) is 4.47. The SMILES string of the molecule is CCNC(Cc1c(Cl)c(C)nn1CC)C1C(C)(C)C1(C)C. The lowest BCUT2D eigenvalue weighted by molar-refractivity contribution is 0.393. The second kappa shape index (κ2) is 5.58. The van der Waals surface area contributed by atoms with Crippen LogP contribution in [0.3, 0.4) is 0 Å². The zero-order valence-corrected chi connectivity index (χ0v) is 15.3. The first-order valence-electron chi connectivity index (χ1n) is 8.13. The molecule has 1 aliphatic carbocycles. The first kappa shape index (κ1) is 16.8. The molecule has 0 aliphatic heterocycles. The van der Waals surface area contributed by atoms with Gasteiger partial charge in [-0.3, -0.25) is 4.68 Å². The summed E-state index contributed by atoms with van der Waals surface area (Å²) in [5.41, 5.74) is 2.87. The minimum atomic E-state index is 0.373. The van der Waals surface area contributed by atoms with E-state index in [4.69, 9.17) is 11.6 Å². The summed E-state index contributed by atoms with van der Waals surface area (Å²) in [5, 5.41) is 9.09. The van der Waals surface area contributed by atoms with Crippen LogP contribution in [0, 0.1) is 23.7 Å². The van der Waals surface area contributed by atoms with Crippen LogP contribution in [-0.2, 0) is 13.0 Å². The maximum atomic E-state index is 6.49. The van der Waals surface area contributed by atoms with Gasteiger partial charge in [0.15, 0.2) is 0 Å². The van der Waals surface area contributed by atoms with Crippen molar-refractivity contribution in [3.05, 3.63) is 16.4 Å². The molecule has 1 aromatic heterocycles. The van der Waals surface area contributed by atoms with Crippen molar-refractivity contribution in [1.82, 2.24) is 15.1 Å². The first-order valence-corrected chi connectivity index (χ1v) is 8.51. The molecule has 1 aromatic rings. The Morgan fingerprint density at radius 1 is 1.24 bits per heavy atom. The molecule has 0 spiro atoms. The summed E-state index contributed by atoms with van der Waals surface area (Å²) in [4.78, 5) is 0. The smallest absolute Gasteiger partial charge is 0.0847 e. The van der Waals surface area contributed by atoms with E-state index in [-0.39, 0.29) is 0 Å². The average Bonchev–Trinajstić information content (AvgIpc) is 2.65. The van der Waals surface area contributed by atoms with Gasteiger partial charge in [-0.05, 0) is 37.1 Å². The zero-order chi connectivity index (χ0) is 16.0. The highest BCUT2D eigenvalue weighted by Gasteiger charge is 2.66. The molecule has 0 aromatic carbocycles. The van der Waals surface area contributed by atoms with Gasteiger partial charge in [0.1, 0.15) is 0 Å². The van der Waals surface area contributed by atoms with Crippen LogP contribution >= 0.6 is 11.6 Å². The van der Waals surface area contributed by atoms with E-state index >= 15 is 0 Å². The fraction of sp³-hybridized carbons (Fsp3) is 0.824. The Hall–Kier alpha value is -0.540. The lowest BCUT2D eigenvalue weighted by Crippen LogP contribution is -2.36. The summed E-state index contributed by atoms with van der Waals surface area (Å²) in [5.74, 6) is 0.668. The molecule has 0 amide bonds. The van der Waals surface area contributed by atoms with Crippen LogP contribution in [0.5, 0.6) is 0 Å². The van der Waals surface area contributed by atoms with E-state index in [9.17, 15) is 0 Å². The van der Waals surface area contributed by atoms with Crippen LogP contribution in [0.15, 0.2) is 0 Å². The third-order valence-electron chi connectivity index (χ3n) is 5.87. The second-order valence-electron chi connectivity index (χ2n) is 7.45. The van der Waals surface area contributed by atoms with Gasteiger partial charge >= 0.3 is 0 Å². The van der Waals surface area contributed by atoms with Crippen molar-refractivity contribution < 1.29 is 0 Å². The molecule has 1 unspecified atom stereocenters. The lowest BCUT2D eigenvalue weighted by Gasteiger charge is -2.21. The molecule has 0 radical (unpaired) electrons. The summed E-state index contributed by atoms with van der Waals surface area (Å²) in [7, 11) is 0. The van der Waals surface area contributed by atoms with Crippen molar-refractivity contribution in [2.24, 2.45) is 16.7 Å². The van der Waals surface area contributed by atoms with Crippen LogP contribution in [0.4, 0.5) is 0 Å². The molecule has 1 fully saturated rings. The minimum Gasteiger partial charge on any atom is -0.314 e. The molecular weight excluding hydrogens is 282 g/mol. The van der Waals surface area contributed by atoms with Crippen LogP contribution in [0.25, 0.3) is 0 Å². The molecule has 21 heavy (non-hydrogen) atoms. The lowest BCUT2D eigenvalue weighted by atomic mass is 9.99. The highest BCUT2D eigenvalue weighted by Crippen LogP contribution is 2.69. The minimum absolute atomic E-state index is 0.373. The first-order chi connectivity index (χ1) is 9.68. The van der Waals surface area contributed by atoms with Gasteiger partial charge in [0.05, 0.1) is 16.4 Å². The van der Waals surface area contributed by atoms with Crippen molar-refractivity contribution in [3.63, 3.8) is 0 Å². The molecule has 120 valence electrons. The van der Waals surface area contributed by atoms with Gasteiger partial charge in [-0.25, -0.2) is 0 Å². The normalized spacial score (nSPS) is 21.5. The predicted molar refractivity (Wildman–Crippen MR) is 89.9 cm³/mol. The summed E-state index contributed by atoms with van der Waals surface area (Å²) in [6.07, 6.45) is 0.957. The number of nitrogens with one attached hydrogen (secondary N) is 1. The van der Waals surface area contributed by atoms with Gasteiger partial charge in [0.25, 0.3) is 0 Å². The van der Waals surface area contributed by atoms with Crippen LogP contribution in [0.1, 0.15) is 52.9 Å². The fourth-order valence-electron chi connectivity index (χ4n) is 4.10. The van der Waals surface area contributed by atoms with Gasteiger partial charge in [-0.2, -0.15) is 5.10 Å². The van der Waals surface area contributed by atoms with Gasteiger partial charge in [0, 0.05) is 19.0 Å². The molecule has 0 saturated heterocycles. The second-order valence-corrected chi connectivity index (χ2v) is 7.83. The number of halogens is 1. The molecule has 4 heteroatoms. The van der Waals surface area contributed by atoms with Crippen LogP contribution in [-0.4, -0.2) is 22.4 Å². The van der Waals surface area contributed by atoms with E-state index < -0.39 is 0 Å². The molecule has 1 N–H and O–H groups in total. The Morgan fingerprint density at radius 3 is 2.24 bits per heavy atom. The molecular formula is C17H30ClN3. The maximum absolute atomic E-state index is 6.49. The Balaban J connectivity index is 2.27. The van der Waals surface area contributed by atoms with Crippen molar-refractivity contribution >= 4 is 11.6 Å². The number of hydrogen-bond donors (Lipinski definition) is 1. The number of likely N-dealkylation sites (N-methyl/N-ethyl adjacent to an activating group) is 1. The standard InChI is InChI=1S/C17H30ClN3/c1-8-19-12(15-16(4,5)17(15,6)7)10-13-14(18)11(3)20-21(13)9-2/h12,15,19H,8-10H2,1-7H3. The van der Waals surface area contributed by atoms with Crippen molar-refractivity contribution in [2.75, 3.05) is 6.54 Å². The van der Waals surface area contributed by atoms with Crippen LogP contribution < -0.4 is 5.32 Å². The Bertz CT molecular complexity index is 502. The van der Waals surface area contributed by atoms with Crippen molar-refractivity contribution in [2.45, 2.75) is 67.5 Å². The van der Waals surface area contributed by atoms with E-state index in [1.165, 1.54) is 5.69 Å². The molecule has 1 aliphatic rings. The van der Waals surface area contributed by atoms with Crippen LogP contribution in [0.2, 0.25) is 5.02 Å². The number of nitrogens with zero attached hydrogens (tertiary/aromatic N) is 2. The summed E-state index contributed by atoms with van der Waals surface area (Å²) in [6.45, 7) is 17.7.